The Bertz CT molecular complexity index is 381. The normalized spacial score (nSPS) is 17.4. The third kappa shape index (κ3) is 2.27. The maximum atomic E-state index is 11.9. The number of ketones is 1. The Balaban J connectivity index is 1.99. The fourth-order valence-electron chi connectivity index (χ4n) is 1.92. The highest BCUT2D eigenvalue weighted by molar-refractivity contribution is 7.03. The van der Waals surface area contributed by atoms with E-state index in [1.807, 2.05) is 0 Å². The summed E-state index contributed by atoms with van der Waals surface area (Å²) in [6, 6.07) is 0.159. The lowest BCUT2D eigenvalue weighted by atomic mass is 9.93. The monoisotopic (exact) mass is 239 g/mol. The second-order valence-electron chi connectivity index (χ2n) is 3.98. The first-order valence-electron chi connectivity index (χ1n) is 5.24. The van der Waals surface area contributed by atoms with Crippen molar-refractivity contribution in [3.8, 4) is 0 Å². The van der Waals surface area contributed by atoms with Gasteiger partial charge >= 0.3 is 0 Å². The highest BCUT2D eigenvalue weighted by atomic mass is 32.1. The number of amides is 1. The number of rotatable bonds is 2. The molecule has 0 atom stereocenters. The van der Waals surface area contributed by atoms with Gasteiger partial charge in [0.2, 0.25) is 0 Å². The molecule has 0 aliphatic heterocycles. The van der Waals surface area contributed by atoms with Crippen molar-refractivity contribution in [2.24, 2.45) is 0 Å². The van der Waals surface area contributed by atoms with Crippen LogP contribution >= 0.6 is 11.5 Å². The lowest BCUT2D eigenvalue weighted by molar-refractivity contribution is -0.121. The third-order valence-corrected chi connectivity index (χ3v) is 3.46. The van der Waals surface area contributed by atoms with Gasteiger partial charge in [0.1, 0.15) is 5.78 Å². The lowest BCUT2D eigenvalue weighted by Crippen LogP contribution is -2.39. The molecule has 0 unspecified atom stereocenters. The lowest BCUT2D eigenvalue weighted by Gasteiger charge is -2.30. The summed E-state index contributed by atoms with van der Waals surface area (Å²) in [5.74, 6) is 0.195. The molecule has 1 heterocycles. The van der Waals surface area contributed by atoms with Crippen LogP contribution in [-0.4, -0.2) is 39.3 Å². The topological polar surface area (TPSA) is 63.2 Å². The number of aromatic nitrogens is 2. The zero-order valence-corrected chi connectivity index (χ0v) is 9.87. The van der Waals surface area contributed by atoms with E-state index in [4.69, 9.17) is 0 Å². The zero-order chi connectivity index (χ0) is 11.5. The quantitative estimate of drug-likeness (QED) is 0.776. The van der Waals surface area contributed by atoms with Gasteiger partial charge in [0.15, 0.2) is 5.69 Å². The van der Waals surface area contributed by atoms with Crippen LogP contribution < -0.4 is 0 Å². The fraction of sp³-hybridized carbons (Fsp3) is 0.600. The van der Waals surface area contributed by atoms with E-state index in [0.717, 1.165) is 12.8 Å². The second-order valence-corrected chi connectivity index (χ2v) is 4.59. The van der Waals surface area contributed by atoms with Crippen molar-refractivity contribution in [3.63, 3.8) is 0 Å². The summed E-state index contributed by atoms with van der Waals surface area (Å²) in [6.07, 6.45) is 2.69. The van der Waals surface area contributed by atoms with Crippen molar-refractivity contribution in [1.29, 1.82) is 0 Å². The molecule has 16 heavy (non-hydrogen) atoms. The summed E-state index contributed by atoms with van der Waals surface area (Å²) < 4.78 is 3.67. The van der Waals surface area contributed by atoms with E-state index in [2.05, 4.69) is 9.59 Å². The second kappa shape index (κ2) is 4.69. The standard InChI is InChI=1S/C10H13N3O2S/c1-13(7-2-4-8(14)5-3-7)10(15)9-6-16-12-11-9/h6-7H,2-5H2,1H3. The summed E-state index contributed by atoms with van der Waals surface area (Å²) in [5, 5.41) is 5.40. The SMILES string of the molecule is CN(C(=O)c1csnn1)C1CCC(=O)CC1. The first-order valence-corrected chi connectivity index (χ1v) is 6.08. The maximum absolute atomic E-state index is 11.9. The first kappa shape index (κ1) is 11.2. The van der Waals surface area contributed by atoms with Crippen molar-refractivity contribution in [2.75, 3.05) is 7.05 Å². The Morgan fingerprint density at radius 2 is 2.19 bits per heavy atom. The number of nitrogens with zero attached hydrogens (tertiary/aromatic N) is 3. The van der Waals surface area contributed by atoms with Gasteiger partial charge in [-0.2, -0.15) is 0 Å². The van der Waals surface area contributed by atoms with Gasteiger partial charge in [-0.25, -0.2) is 0 Å². The number of hydrogen-bond donors (Lipinski definition) is 0. The van der Waals surface area contributed by atoms with E-state index in [1.54, 1.807) is 17.3 Å². The Hall–Kier alpha value is -1.30. The van der Waals surface area contributed by atoms with Gasteiger partial charge in [-0.1, -0.05) is 4.49 Å². The van der Waals surface area contributed by atoms with E-state index >= 15 is 0 Å². The Morgan fingerprint density at radius 3 is 2.75 bits per heavy atom. The third-order valence-electron chi connectivity index (χ3n) is 2.96. The molecule has 5 nitrogen and oxygen atoms in total. The van der Waals surface area contributed by atoms with Crippen molar-refractivity contribution < 1.29 is 9.59 Å². The van der Waals surface area contributed by atoms with Gasteiger partial charge in [-0.15, -0.1) is 5.10 Å². The molecule has 0 saturated heterocycles. The fourth-order valence-corrected chi connectivity index (χ4v) is 2.35. The Kier molecular flexibility index (Phi) is 3.28. The van der Waals surface area contributed by atoms with Crippen LogP contribution in [-0.2, 0) is 4.79 Å². The average molecular weight is 239 g/mol. The van der Waals surface area contributed by atoms with E-state index < -0.39 is 0 Å². The van der Waals surface area contributed by atoms with Crippen molar-refractivity contribution in [1.82, 2.24) is 14.5 Å². The minimum Gasteiger partial charge on any atom is -0.337 e. The molecule has 1 fully saturated rings. The molecule has 1 aromatic rings. The van der Waals surface area contributed by atoms with Crippen molar-refractivity contribution >= 4 is 23.2 Å². The van der Waals surface area contributed by atoms with Crippen LogP contribution in [0.15, 0.2) is 5.38 Å². The summed E-state index contributed by atoms with van der Waals surface area (Å²) in [7, 11) is 1.77. The van der Waals surface area contributed by atoms with E-state index in [0.29, 0.717) is 24.3 Å². The molecule has 0 spiro atoms. The zero-order valence-electron chi connectivity index (χ0n) is 9.05. The smallest absolute Gasteiger partial charge is 0.275 e. The van der Waals surface area contributed by atoms with Crippen LogP contribution in [0.4, 0.5) is 0 Å². The molecule has 1 aliphatic carbocycles. The maximum Gasteiger partial charge on any atom is 0.275 e. The van der Waals surface area contributed by atoms with Crippen LogP contribution in [0.1, 0.15) is 36.2 Å². The summed E-state index contributed by atoms with van der Waals surface area (Å²) >= 11 is 1.17. The molecule has 0 bridgehead atoms. The molecule has 0 radical (unpaired) electrons. The van der Waals surface area contributed by atoms with Gasteiger partial charge < -0.3 is 4.90 Å². The average Bonchev–Trinajstić information content (AvgIpc) is 2.81. The van der Waals surface area contributed by atoms with E-state index in [1.165, 1.54) is 11.5 Å². The largest absolute Gasteiger partial charge is 0.337 e. The molecule has 1 aromatic heterocycles. The highest BCUT2D eigenvalue weighted by Crippen LogP contribution is 2.20. The van der Waals surface area contributed by atoms with Crippen LogP contribution in [0, 0.1) is 0 Å². The minimum absolute atomic E-state index is 0.104. The molecular weight excluding hydrogens is 226 g/mol. The number of hydrogen-bond acceptors (Lipinski definition) is 5. The molecular formula is C10H13N3O2S. The van der Waals surface area contributed by atoms with Crippen LogP contribution in [0.5, 0.6) is 0 Å². The van der Waals surface area contributed by atoms with Crippen LogP contribution in [0.2, 0.25) is 0 Å². The van der Waals surface area contributed by atoms with Crippen molar-refractivity contribution in [2.45, 2.75) is 31.7 Å². The number of carbonyl (C=O) groups excluding carboxylic acids is 2. The van der Waals surface area contributed by atoms with Gasteiger partial charge in [-0.05, 0) is 24.4 Å². The van der Waals surface area contributed by atoms with Gasteiger partial charge in [-0.3, -0.25) is 9.59 Å². The molecule has 1 amide bonds. The van der Waals surface area contributed by atoms with E-state index in [9.17, 15) is 9.59 Å². The number of carbonyl (C=O) groups is 2. The highest BCUT2D eigenvalue weighted by Gasteiger charge is 2.26. The van der Waals surface area contributed by atoms with Crippen LogP contribution in [0.25, 0.3) is 0 Å². The predicted molar refractivity (Wildman–Crippen MR) is 59.3 cm³/mol. The molecule has 2 rings (SSSR count). The molecule has 1 aliphatic rings. The molecule has 86 valence electrons. The summed E-state index contributed by atoms with van der Waals surface area (Å²) in [6.45, 7) is 0. The van der Waals surface area contributed by atoms with Gasteiger partial charge in [0, 0.05) is 31.3 Å². The summed E-state index contributed by atoms with van der Waals surface area (Å²) in [4.78, 5) is 24.7. The molecule has 1 saturated carbocycles. The van der Waals surface area contributed by atoms with Crippen molar-refractivity contribution in [3.05, 3.63) is 11.1 Å². The molecule has 6 heteroatoms. The first-order chi connectivity index (χ1) is 7.68. The van der Waals surface area contributed by atoms with Gasteiger partial charge in [0.25, 0.3) is 5.91 Å². The Morgan fingerprint density at radius 1 is 1.50 bits per heavy atom. The minimum atomic E-state index is -0.104. The Labute approximate surface area is 97.6 Å². The molecule has 0 N–H and O–H groups in total. The number of Topliss-reactive ketones (excluding diaryl/α,β-unsaturated/α-hetero) is 1. The summed E-state index contributed by atoms with van der Waals surface area (Å²) in [5.41, 5.74) is 0.393. The van der Waals surface area contributed by atoms with Gasteiger partial charge in [0.05, 0.1) is 0 Å². The van der Waals surface area contributed by atoms with Crippen LogP contribution in [0.3, 0.4) is 0 Å². The molecule has 0 aromatic carbocycles. The predicted octanol–water partition coefficient (Wildman–Crippen LogP) is 1.12. The van der Waals surface area contributed by atoms with E-state index in [-0.39, 0.29) is 11.9 Å².